The fourth-order valence-electron chi connectivity index (χ4n) is 1.52. The van der Waals surface area contributed by atoms with Crippen molar-refractivity contribution in [2.75, 3.05) is 20.3 Å². The van der Waals surface area contributed by atoms with Gasteiger partial charge in [-0.2, -0.15) is 0 Å². The minimum Gasteiger partial charge on any atom is -0.392 e. The molecule has 0 saturated heterocycles. The maximum absolute atomic E-state index is 10.0. The van der Waals surface area contributed by atoms with Gasteiger partial charge in [0.15, 0.2) is 0 Å². The SMILES string of the molecule is CCC(C)(CN)C(O)C(C)COC. The summed E-state index contributed by atoms with van der Waals surface area (Å²) in [5.74, 6) is 0.137. The molecule has 80 valence electrons. The summed E-state index contributed by atoms with van der Waals surface area (Å²) in [5.41, 5.74) is 5.47. The minimum absolute atomic E-state index is 0.137. The predicted molar refractivity (Wildman–Crippen MR) is 54.5 cm³/mol. The van der Waals surface area contributed by atoms with E-state index in [2.05, 4.69) is 6.92 Å². The van der Waals surface area contributed by atoms with Gasteiger partial charge >= 0.3 is 0 Å². The van der Waals surface area contributed by atoms with E-state index in [1.54, 1.807) is 7.11 Å². The van der Waals surface area contributed by atoms with Gasteiger partial charge in [-0.05, 0) is 6.42 Å². The van der Waals surface area contributed by atoms with Crippen molar-refractivity contribution in [2.45, 2.75) is 33.3 Å². The lowest BCUT2D eigenvalue weighted by molar-refractivity contribution is -0.0258. The largest absolute Gasteiger partial charge is 0.392 e. The molecule has 0 aliphatic heterocycles. The molecule has 3 heteroatoms. The average Bonchev–Trinajstić information content (AvgIpc) is 2.16. The summed E-state index contributed by atoms with van der Waals surface area (Å²) in [4.78, 5) is 0. The molecule has 3 unspecified atom stereocenters. The quantitative estimate of drug-likeness (QED) is 0.655. The van der Waals surface area contributed by atoms with Crippen molar-refractivity contribution >= 4 is 0 Å². The third-order valence-electron chi connectivity index (χ3n) is 2.96. The summed E-state index contributed by atoms with van der Waals surface area (Å²) >= 11 is 0. The van der Waals surface area contributed by atoms with Crippen LogP contribution in [0.2, 0.25) is 0 Å². The van der Waals surface area contributed by atoms with Gasteiger partial charge in [0.05, 0.1) is 12.7 Å². The second-order valence-electron chi connectivity index (χ2n) is 4.09. The molecule has 13 heavy (non-hydrogen) atoms. The number of methoxy groups -OCH3 is 1. The summed E-state index contributed by atoms with van der Waals surface area (Å²) in [6.45, 7) is 7.15. The van der Waals surface area contributed by atoms with Crippen LogP contribution in [0, 0.1) is 11.3 Å². The van der Waals surface area contributed by atoms with Gasteiger partial charge < -0.3 is 15.6 Å². The molecule has 0 bridgehead atoms. The van der Waals surface area contributed by atoms with E-state index < -0.39 is 0 Å². The Kier molecular flexibility index (Phi) is 5.53. The van der Waals surface area contributed by atoms with Crippen LogP contribution in [0.15, 0.2) is 0 Å². The van der Waals surface area contributed by atoms with Gasteiger partial charge in [-0.25, -0.2) is 0 Å². The van der Waals surface area contributed by atoms with Gasteiger partial charge in [0.25, 0.3) is 0 Å². The summed E-state index contributed by atoms with van der Waals surface area (Å²) < 4.78 is 5.01. The Bertz CT molecular complexity index is 135. The van der Waals surface area contributed by atoms with Crippen molar-refractivity contribution in [3.05, 3.63) is 0 Å². The second-order valence-corrected chi connectivity index (χ2v) is 4.09. The number of nitrogens with two attached hydrogens (primary N) is 1. The molecule has 0 amide bonds. The monoisotopic (exact) mass is 189 g/mol. The topological polar surface area (TPSA) is 55.5 Å². The van der Waals surface area contributed by atoms with Crippen LogP contribution in [0.3, 0.4) is 0 Å². The smallest absolute Gasteiger partial charge is 0.0653 e. The summed E-state index contributed by atoms with van der Waals surface area (Å²) in [6.07, 6.45) is 0.501. The maximum atomic E-state index is 10.0. The van der Waals surface area contributed by atoms with E-state index in [-0.39, 0.29) is 17.4 Å². The van der Waals surface area contributed by atoms with Crippen LogP contribution in [0.4, 0.5) is 0 Å². The van der Waals surface area contributed by atoms with Crippen LogP contribution in [0.1, 0.15) is 27.2 Å². The molecule has 3 N–H and O–H groups in total. The van der Waals surface area contributed by atoms with Gasteiger partial charge in [-0.1, -0.05) is 20.8 Å². The molecular formula is C10H23NO2. The molecule has 0 aromatic heterocycles. The summed E-state index contributed by atoms with van der Waals surface area (Å²) in [5, 5.41) is 10.0. The van der Waals surface area contributed by atoms with Crippen molar-refractivity contribution in [3.63, 3.8) is 0 Å². The van der Waals surface area contributed by atoms with Crippen LogP contribution < -0.4 is 5.73 Å². The van der Waals surface area contributed by atoms with Gasteiger partial charge in [-0.15, -0.1) is 0 Å². The minimum atomic E-state index is -0.387. The number of aliphatic hydroxyl groups is 1. The second kappa shape index (κ2) is 5.58. The number of ether oxygens (including phenoxy) is 1. The molecule has 0 aromatic rings. The van der Waals surface area contributed by atoms with Crippen LogP contribution in [0.25, 0.3) is 0 Å². The van der Waals surface area contributed by atoms with Crippen molar-refractivity contribution < 1.29 is 9.84 Å². The van der Waals surface area contributed by atoms with Gasteiger partial charge in [0.2, 0.25) is 0 Å². The standard InChI is InChI=1S/C10H23NO2/c1-5-10(3,7-11)9(12)8(2)6-13-4/h8-9,12H,5-7,11H2,1-4H3. The molecule has 0 rings (SSSR count). The van der Waals surface area contributed by atoms with E-state index in [1.165, 1.54) is 0 Å². The average molecular weight is 189 g/mol. The zero-order valence-electron chi connectivity index (χ0n) is 9.21. The Labute approximate surface area is 81.3 Å². The Morgan fingerprint density at radius 3 is 2.38 bits per heavy atom. The molecule has 0 aliphatic carbocycles. The van der Waals surface area contributed by atoms with Crippen molar-refractivity contribution in [3.8, 4) is 0 Å². The molecule has 0 aliphatic rings. The number of rotatable bonds is 6. The first-order valence-electron chi connectivity index (χ1n) is 4.89. The third-order valence-corrected chi connectivity index (χ3v) is 2.96. The number of hydrogen-bond acceptors (Lipinski definition) is 3. The zero-order valence-corrected chi connectivity index (χ0v) is 9.21. The lowest BCUT2D eigenvalue weighted by atomic mass is 9.76. The third kappa shape index (κ3) is 3.25. The molecule has 3 atom stereocenters. The van der Waals surface area contributed by atoms with Crippen molar-refractivity contribution in [1.82, 2.24) is 0 Å². The molecule has 0 heterocycles. The van der Waals surface area contributed by atoms with Gasteiger partial charge in [0.1, 0.15) is 0 Å². The molecule has 0 spiro atoms. The summed E-state index contributed by atoms with van der Waals surface area (Å²) in [6, 6.07) is 0. The zero-order chi connectivity index (χ0) is 10.5. The summed E-state index contributed by atoms with van der Waals surface area (Å²) in [7, 11) is 1.65. The fraction of sp³-hybridized carbons (Fsp3) is 1.00. The lowest BCUT2D eigenvalue weighted by Crippen LogP contribution is -2.43. The van der Waals surface area contributed by atoms with Crippen LogP contribution in [0.5, 0.6) is 0 Å². The van der Waals surface area contributed by atoms with Crippen LogP contribution in [-0.2, 0) is 4.74 Å². The first-order valence-corrected chi connectivity index (χ1v) is 4.89. The van der Waals surface area contributed by atoms with E-state index in [1.807, 2.05) is 13.8 Å². The maximum Gasteiger partial charge on any atom is 0.0653 e. The fourth-order valence-corrected chi connectivity index (χ4v) is 1.52. The van der Waals surface area contributed by atoms with E-state index in [0.717, 1.165) is 6.42 Å². The Hall–Kier alpha value is -0.120. The highest BCUT2D eigenvalue weighted by molar-refractivity contribution is 4.85. The predicted octanol–water partition coefficient (Wildman–Crippen LogP) is 1.00. The number of hydrogen-bond donors (Lipinski definition) is 2. The van der Waals surface area contributed by atoms with E-state index in [4.69, 9.17) is 10.5 Å². The van der Waals surface area contributed by atoms with Crippen LogP contribution in [-0.4, -0.2) is 31.5 Å². The van der Waals surface area contributed by atoms with E-state index in [0.29, 0.717) is 13.2 Å². The first kappa shape index (κ1) is 12.9. The Morgan fingerprint density at radius 1 is 1.54 bits per heavy atom. The van der Waals surface area contributed by atoms with Gasteiger partial charge in [0, 0.05) is 25.0 Å². The number of aliphatic hydroxyl groups excluding tert-OH is 1. The molecule has 0 saturated carbocycles. The highest BCUT2D eigenvalue weighted by Crippen LogP contribution is 2.29. The lowest BCUT2D eigenvalue weighted by Gasteiger charge is -2.35. The van der Waals surface area contributed by atoms with Crippen molar-refractivity contribution in [1.29, 1.82) is 0 Å². The highest BCUT2D eigenvalue weighted by Gasteiger charge is 2.33. The Balaban J connectivity index is 4.27. The molecule has 0 aromatic carbocycles. The Morgan fingerprint density at radius 2 is 2.08 bits per heavy atom. The van der Waals surface area contributed by atoms with Gasteiger partial charge in [-0.3, -0.25) is 0 Å². The van der Waals surface area contributed by atoms with Crippen LogP contribution >= 0.6 is 0 Å². The highest BCUT2D eigenvalue weighted by atomic mass is 16.5. The van der Waals surface area contributed by atoms with Crippen molar-refractivity contribution in [2.24, 2.45) is 17.1 Å². The normalized spacial score (nSPS) is 20.8. The first-order chi connectivity index (χ1) is 6.01. The molecule has 0 fully saturated rings. The molecule has 0 radical (unpaired) electrons. The molecular weight excluding hydrogens is 166 g/mol. The molecule has 3 nitrogen and oxygen atoms in total. The van der Waals surface area contributed by atoms with E-state index in [9.17, 15) is 5.11 Å². The van der Waals surface area contributed by atoms with E-state index >= 15 is 0 Å².